The Morgan fingerprint density at radius 2 is 2.00 bits per heavy atom. The van der Waals surface area contributed by atoms with Crippen LogP contribution in [-0.4, -0.2) is 23.2 Å². The van der Waals surface area contributed by atoms with Gasteiger partial charge in [-0.2, -0.15) is 5.10 Å². The van der Waals surface area contributed by atoms with E-state index in [4.69, 9.17) is 0 Å². The number of nitrogens with one attached hydrogen (secondary N) is 2. The fraction of sp³-hybridized carbons (Fsp3) is 0.429. The third kappa shape index (κ3) is 4.55. The van der Waals surface area contributed by atoms with Crippen LogP contribution in [0.5, 0.6) is 0 Å². The van der Waals surface area contributed by atoms with Gasteiger partial charge in [-0.15, -0.1) is 0 Å². The lowest BCUT2D eigenvalue weighted by molar-refractivity contribution is -0.385. The number of carbonyl (C=O) groups excluding carboxylic acids is 1. The molecule has 0 saturated heterocycles. The third-order valence-corrected chi connectivity index (χ3v) is 3.44. The van der Waals surface area contributed by atoms with Crippen LogP contribution in [0.3, 0.4) is 0 Å². The summed E-state index contributed by atoms with van der Waals surface area (Å²) in [5.74, 6) is 0. The molecule has 2 rings (SSSR count). The average molecular weight is 290 g/mol. The number of hydrogen-bond donors (Lipinski definition) is 2. The maximum absolute atomic E-state index is 11.7. The lowest BCUT2D eigenvalue weighted by atomic mass is 9.96. The summed E-state index contributed by atoms with van der Waals surface area (Å²) in [5, 5.41) is 17.4. The fourth-order valence-electron chi connectivity index (χ4n) is 2.39. The first-order valence-electron chi connectivity index (χ1n) is 7.00. The van der Waals surface area contributed by atoms with Crippen molar-refractivity contribution in [3.8, 4) is 0 Å². The Hall–Kier alpha value is -2.44. The van der Waals surface area contributed by atoms with E-state index in [-0.39, 0.29) is 17.8 Å². The normalized spacial score (nSPS) is 15.8. The average Bonchev–Trinajstić information content (AvgIpc) is 2.48. The summed E-state index contributed by atoms with van der Waals surface area (Å²) in [5.41, 5.74) is 2.64. The van der Waals surface area contributed by atoms with Crippen molar-refractivity contribution in [2.24, 2.45) is 5.10 Å². The number of nitrogens with zero attached hydrogens (tertiary/aromatic N) is 2. The standard InChI is InChI=1S/C14H18N4O3/c19-14(16-12-7-2-1-3-8-12)17-15-10-11-6-4-5-9-13(11)18(20)21/h4-6,9-10,12H,1-3,7-8H2,(H2,16,17,19)/b15-10-. The zero-order chi connectivity index (χ0) is 15.1. The molecule has 0 unspecified atom stereocenters. The number of hydrazone groups is 1. The van der Waals surface area contributed by atoms with Crippen LogP contribution in [0.15, 0.2) is 29.4 Å². The van der Waals surface area contributed by atoms with E-state index in [2.05, 4.69) is 15.8 Å². The van der Waals surface area contributed by atoms with Crippen molar-refractivity contribution in [3.05, 3.63) is 39.9 Å². The Morgan fingerprint density at radius 1 is 1.29 bits per heavy atom. The molecule has 0 atom stereocenters. The summed E-state index contributed by atoms with van der Waals surface area (Å²) in [6.45, 7) is 0. The first kappa shape index (κ1) is 15.0. The van der Waals surface area contributed by atoms with Crippen LogP contribution in [0.4, 0.5) is 10.5 Å². The molecule has 1 aliphatic rings. The first-order valence-corrected chi connectivity index (χ1v) is 7.00. The van der Waals surface area contributed by atoms with Crippen LogP contribution in [0.1, 0.15) is 37.7 Å². The van der Waals surface area contributed by atoms with Gasteiger partial charge in [0.2, 0.25) is 0 Å². The molecule has 0 heterocycles. The second kappa shape index (κ2) is 7.37. The Kier molecular flexibility index (Phi) is 5.25. The van der Waals surface area contributed by atoms with Gasteiger partial charge in [-0.05, 0) is 18.9 Å². The summed E-state index contributed by atoms with van der Waals surface area (Å²) < 4.78 is 0. The minimum atomic E-state index is -0.483. The molecule has 1 aliphatic carbocycles. The molecule has 2 N–H and O–H groups in total. The molecule has 1 aromatic carbocycles. The van der Waals surface area contributed by atoms with E-state index in [0.717, 1.165) is 25.7 Å². The smallest absolute Gasteiger partial charge is 0.334 e. The van der Waals surface area contributed by atoms with E-state index in [0.29, 0.717) is 5.56 Å². The van der Waals surface area contributed by atoms with E-state index in [1.54, 1.807) is 18.2 Å². The fourth-order valence-corrected chi connectivity index (χ4v) is 2.39. The zero-order valence-electron chi connectivity index (χ0n) is 11.6. The molecular weight excluding hydrogens is 272 g/mol. The van der Waals surface area contributed by atoms with Crippen molar-refractivity contribution in [3.63, 3.8) is 0 Å². The van der Waals surface area contributed by atoms with Gasteiger partial charge in [0.1, 0.15) is 0 Å². The Bertz CT molecular complexity index is 539. The van der Waals surface area contributed by atoms with Crippen LogP contribution in [0.25, 0.3) is 0 Å². The number of nitro groups is 1. The minimum absolute atomic E-state index is 0.0456. The van der Waals surface area contributed by atoms with Crippen molar-refractivity contribution in [2.75, 3.05) is 0 Å². The van der Waals surface area contributed by atoms with Gasteiger partial charge in [-0.1, -0.05) is 31.4 Å². The van der Waals surface area contributed by atoms with E-state index in [1.807, 2.05) is 0 Å². The largest absolute Gasteiger partial charge is 0.335 e. The highest BCUT2D eigenvalue weighted by Gasteiger charge is 2.15. The van der Waals surface area contributed by atoms with Gasteiger partial charge in [-0.25, -0.2) is 10.2 Å². The van der Waals surface area contributed by atoms with Crippen LogP contribution < -0.4 is 10.7 Å². The summed E-state index contributed by atoms with van der Waals surface area (Å²) in [7, 11) is 0. The molecule has 112 valence electrons. The van der Waals surface area contributed by atoms with Crippen LogP contribution in [0, 0.1) is 10.1 Å². The topological polar surface area (TPSA) is 96.6 Å². The monoisotopic (exact) mass is 290 g/mol. The highest BCUT2D eigenvalue weighted by atomic mass is 16.6. The third-order valence-electron chi connectivity index (χ3n) is 3.44. The second-order valence-electron chi connectivity index (χ2n) is 4.99. The van der Waals surface area contributed by atoms with E-state index < -0.39 is 4.92 Å². The molecule has 0 radical (unpaired) electrons. The maximum Gasteiger partial charge on any atom is 0.335 e. The SMILES string of the molecule is O=C(N/N=C\c1ccccc1[N+](=O)[O-])NC1CCCCC1. The van der Waals surface area contributed by atoms with Gasteiger partial charge in [0, 0.05) is 12.1 Å². The van der Waals surface area contributed by atoms with Gasteiger partial charge in [0.25, 0.3) is 5.69 Å². The lowest BCUT2D eigenvalue weighted by Crippen LogP contribution is -2.41. The van der Waals surface area contributed by atoms with Crippen molar-refractivity contribution < 1.29 is 9.72 Å². The number of rotatable bonds is 4. The van der Waals surface area contributed by atoms with Crippen LogP contribution >= 0.6 is 0 Å². The Morgan fingerprint density at radius 3 is 2.71 bits per heavy atom. The maximum atomic E-state index is 11.7. The first-order chi connectivity index (χ1) is 10.2. The van der Waals surface area contributed by atoms with Crippen molar-refractivity contribution in [1.82, 2.24) is 10.7 Å². The molecule has 2 amide bonds. The zero-order valence-corrected chi connectivity index (χ0v) is 11.6. The van der Waals surface area contributed by atoms with Crippen LogP contribution in [0.2, 0.25) is 0 Å². The molecule has 0 aromatic heterocycles. The molecule has 1 fully saturated rings. The lowest BCUT2D eigenvalue weighted by Gasteiger charge is -2.22. The molecule has 7 nitrogen and oxygen atoms in total. The van der Waals surface area contributed by atoms with Gasteiger partial charge in [0.15, 0.2) is 0 Å². The van der Waals surface area contributed by atoms with E-state index in [1.165, 1.54) is 18.7 Å². The van der Waals surface area contributed by atoms with Gasteiger partial charge >= 0.3 is 6.03 Å². The van der Waals surface area contributed by atoms with Crippen molar-refractivity contribution in [1.29, 1.82) is 0 Å². The number of urea groups is 1. The number of hydrogen-bond acceptors (Lipinski definition) is 4. The van der Waals surface area contributed by atoms with Gasteiger partial charge < -0.3 is 5.32 Å². The van der Waals surface area contributed by atoms with Gasteiger partial charge in [-0.3, -0.25) is 10.1 Å². The van der Waals surface area contributed by atoms with Crippen molar-refractivity contribution in [2.45, 2.75) is 38.1 Å². The van der Waals surface area contributed by atoms with Gasteiger partial charge in [0.05, 0.1) is 16.7 Å². The number of para-hydroxylation sites is 1. The number of amides is 2. The highest BCUT2D eigenvalue weighted by molar-refractivity contribution is 5.86. The summed E-state index contributed by atoms with van der Waals surface area (Å²) in [4.78, 5) is 22.0. The number of carbonyl (C=O) groups is 1. The number of benzene rings is 1. The van der Waals surface area contributed by atoms with Crippen molar-refractivity contribution >= 4 is 17.9 Å². The second-order valence-corrected chi connectivity index (χ2v) is 4.99. The molecule has 7 heteroatoms. The molecule has 0 bridgehead atoms. The van der Waals surface area contributed by atoms with E-state index >= 15 is 0 Å². The van der Waals surface area contributed by atoms with Crippen LogP contribution in [-0.2, 0) is 0 Å². The highest BCUT2D eigenvalue weighted by Crippen LogP contribution is 2.17. The number of nitro benzene ring substituents is 1. The molecule has 21 heavy (non-hydrogen) atoms. The van der Waals surface area contributed by atoms with E-state index in [9.17, 15) is 14.9 Å². The quantitative estimate of drug-likeness (QED) is 0.506. The summed E-state index contributed by atoms with van der Waals surface area (Å²) >= 11 is 0. The Labute approximate surface area is 122 Å². The summed E-state index contributed by atoms with van der Waals surface area (Å²) in [6.07, 6.45) is 6.73. The predicted molar refractivity (Wildman–Crippen MR) is 79.2 cm³/mol. The molecule has 1 aromatic rings. The predicted octanol–water partition coefficient (Wildman–Crippen LogP) is 2.56. The Balaban J connectivity index is 1.87. The molecule has 1 saturated carbocycles. The molecule has 0 aliphatic heterocycles. The molecule has 0 spiro atoms. The summed E-state index contributed by atoms with van der Waals surface area (Å²) in [6, 6.07) is 6.04. The minimum Gasteiger partial charge on any atom is -0.334 e. The molecular formula is C14H18N4O3.